The van der Waals surface area contributed by atoms with Crippen molar-refractivity contribution >= 4 is 29.7 Å². The first-order chi connectivity index (χ1) is 16.9. The highest BCUT2D eigenvalue weighted by molar-refractivity contribution is 5.94. The second-order valence-corrected chi connectivity index (χ2v) is 8.38. The van der Waals surface area contributed by atoms with Gasteiger partial charge in [0.1, 0.15) is 23.9 Å². The second-order valence-electron chi connectivity index (χ2n) is 8.38. The summed E-state index contributed by atoms with van der Waals surface area (Å²) in [7, 11) is 0. The molecule has 0 radical (unpaired) electrons. The average molecular weight is 510 g/mol. The van der Waals surface area contributed by atoms with Gasteiger partial charge in [-0.3, -0.25) is 19.2 Å². The highest BCUT2D eigenvalue weighted by Crippen LogP contribution is 2.11. The van der Waals surface area contributed by atoms with Crippen molar-refractivity contribution in [3.63, 3.8) is 0 Å². The number of hydrogen-bond donors (Lipinski definition) is 8. The molecule has 0 saturated heterocycles. The highest BCUT2D eigenvalue weighted by atomic mass is 16.4. The molecule has 0 heterocycles. The molecule has 4 atom stereocenters. The Bertz CT molecular complexity index is 908. The largest absolute Gasteiger partial charge is 0.508 e. The molecular formula is C23H35N5O8. The van der Waals surface area contributed by atoms with Gasteiger partial charge in [-0.25, -0.2) is 4.79 Å². The van der Waals surface area contributed by atoms with Gasteiger partial charge in [-0.05, 0) is 50.4 Å². The Balaban J connectivity index is 2.78. The molecule has 1 rings (SSSR count). The molecule has 0 bridgehead atoms. The maximum absolute atomic E-state index is 12.7. The number of unbranched alkanes of at least 4 members (excludes halogenated alkanes) is 1. The number of benzene rings is 1. The van der Waals surface area contributed by atoms with Crippen molar-refractivity contribution in [3.05, 3.63) is 29.8 Å². The van der Waals surface area contributed by atoms with Crippen LogP contribution >= 0.6 is 0 Å². The molecule has 3 amide bonds. The van der Waals surface area contributed by atoms with Crippen LogP contribution in [-0.4, -0.2) is 75.7 Å². The lowest BCUT2D eigenvalue weighted by atomic mass is 10.1. The first-order valence-corrected chi connectivity index (χ1v) is 11.5. The summed E-state index contributed by atoms with van der Waals surface area (Å²) in [6.07, 6.45) is 0.863. The van der Waals surface area contributed by atoms with Crippen LogP contribution in [0.15, 0.2) is 24.3 Å². The van der Waals surface area contributed by atoms with Gasteiger partial charge in [0.05, 0.1) is 6.04 Å². The summed E-state index contributed by atoms with van der Waals surface area (Å²) in [5, 5.41) is 34.9. The summed E-state index contributed by atoms with van der Waals surface area (Å²) in [5.41, 5.74) is 11.8. The minimum atomic E-state index is -1.31. The van der Waals surface area contributed by atoms with Crippen molar-refractivity contribution < 1.29 is 39.3 Å². The van der Waals surface area contributed by atoms with Crippen LogP contribution in [0.2, 0.25) is 0 Å². The molecule has 0 aliphatic carbocycles. The molecule has 0 spiro atoms. The third-order valence-electron chi connectivity index (χ3n) is 5.33. The SMILES string of the molecule is CC(NC(=O)C(CCC(=O)O)NC(=O)C(N)CCCCN)C(=O)NC(Cc1ccc(O)cc1)C(=O)O. The Morgan fingerprint density at radius 3 is 2.03 bits per heavy atom. The average Bonchev–Trinajstić information content (AvgIpc) is 2.82. The third kappa shape index (κ3) is 11.1. The number of amides is 3. The fourth-order valence-corrected chi connectivity index (χ4v) is 3.20. The van der Waals surface area contributed by atoms with Gasteiger partial charge >= 0.3 is 11.9 Å². The Hall–Kier alpha value is -3.71. The number of carboxylic acids is 2. The zero-order chi connectivity index (χ0) is 27.3. The highest BCUT2D eigenvalue weighted by Gasteiger charge is 2.28. The maximum Gasteiger partial charge on any atom is 0.326 e. The van der Waals surface area contributed by atoms with Crippen LogP contribution in [0.3, 0.4) is 0 Å². The molecule has 0 fully saturated rings. The van der Waals surface area contributed by atoms with Gasteiger partial charge in [-0.1, -0.05) is 18.6 Å². The van der Waals surface area contributed by atoms with Crippen LogP contribution < -0.4 is 27.4 Å². The van der Waals surface area contributed by atoms with Gasteiger partial charge in [0, 0.05) is 12.8 Å². The fourth-order valence-electron chi connectivity index (χ4n) is 3.20. The smallest absolute Gasteiger partial charge is 0.326 e. The molecule has 0 aliphatic rings. The van der Waals surface area contributed by atoms with Gasteiger partial charge in [0.15, 0.2) is 0 Å². The van der Waals surface area contributed by atoms with Crippen molar-refractivity contribution in [1.82, 2.24) is 16.0 Å². The molecule has 1 aromatic carbocycles. The molecule has 10 N–H and O–H groups in total. The van der Waals surface area contributed by atoms with Crippen LogP contribution in [0.25, 0.3) is 0 Å². The maximum atomic E-state index is 12.7. The minimum Gasteiger partial charge on any atom is -0.508 e. The van der Waals surface area contributed by atoms with E-state index in [1.807, 2.05) is 0 Å². The quantitative estimate of drug-likeness (QED) is 0.124. The van der Waals surface area contributed by atoms with E-state index in [0.29, 0.717) is 31.4 Å². The second kappa shape index (κ2) is 15.3. The lowest BCUT2D eigenvalue weighted by Crippen LogP contribution is -2.56. The Morgan fingerprint density at radius 2 is 1.47 bits per heavy atom. The first-order valence-electron chi connectivity index (χ1n) is 11.5. The van der Waals surface area contributed by atoms with Gasteiger partial charge in [-0.15, -0.1) is 0 Å². The predicted octanol–water partition coefficient (Wildman–Crippen LogP) is -1.19. The molecule has 13 heteroatoms. The minimum absolute atomic E-state index is 0.00653. The Morgan fingerprint density at radius 1 is 0.861 bits per heavy atom. The van der Waals surface area contributed by atoms with Gasteiger partial charge in [0.2, 0.25) is 17.7 Å². The van der Waals surface area contributed by atoms with Crippen LogP contribution in [0.4, 0.5) is 0 Å². The summed E-state index contributed by atoms with van der Waals surface area (Å²) >= 11 is 0. The molecule has 0 aromatic heterocycles. The number of phenols is 1. The van der Waals surface area contributed by atoms with Gasteiger partial charge in [0.25, 0.3) is 0 Å². The van der Waals surface area contributed by atoms with Crippen molar-refractivity contribution in [2.45, 2.75) is 69.6 Å². The topological polar surface area (TPSA) is 234 Å². The number of carbonyl (C=O) groups excluding carboxylic acids is 3. The predicted molar refractivity (Wildman–Crippen MR) is 129 cm³/mol. The number of phenolic OH excluding ortho intramolecular Hbond substituents is 1. The molecule has 4 unspecified atom stereocenters. The number of rotatable bonds is 16. The number of aromatic hydroxyl groups is 1. The van der Waals surface area contributed by atoms with E-state index in [2.05, 4.69) is 16.0 Å². The summed E-state index contributed by atoms with van der Waals surface area (Å²) in [6.45, 7) is 1.76. The normalized spacial score (nSPS) is 14.1. The van der Waals surface area contributed by atoms with Crippen molar-refractivity contribution in [1.29, 1.82) is 0 Å². The standard InChI is InChI=1S/C23H35N5O8/c1-13(20(32)28-18(23(35)36)12-14-5-7-15(29)8-6-14)26-22(34)17(9-10-19(30)31)27-21(33)16(25)4-2-3-11-24/h5-8,13,16-18,29H,2-4,9-12,24-25H2,1H3,(H,26,34)(H,27,33)(H,28,32)(H,30,31)(H,35,36). The Kier molecular flexibility index (Phi) is 12.9. The lowest BCUT2D eigenvalue weighted by molar-refractivity contribution is -0.142. The molecule has 0 saturated carbocycles. The lowest BCUT2D eigenvalue weighted by Gasteiger charge is -2.23. The number of nitrogens with two attached hydrogens (primary N) is 2. The zero-order valence-electron chi connectivity index (χ0n) is 20.1. The van der Waals surface area contributed by atoms with Crippen LogP contribution in [-0.2, 0) is 30.4 Å². The summed E-state index contributed by atoms with van der Waals surface area (Å²) in [6, 6.07) is 1.10. The van der Waals surface area contributed by atoms with E-state index in [-0.39, 0.29) is 18.6 Å². The summed E-state index contributed by atoms with van der Waals surface area (Å²) in [5.74, 6) is -4.73. The number of aliphatic carboxylic acids is 2. The van der Waals surface area contributed by atoms with Gasteiger partial charge < -0.3 is 42.7 Å². The van der Waals surface area contributed by atoms with Crippen LogP contribution in [0, 0.1) is 0 Å². The molecule has 1 aromatic rings. The summed E-state index contributed by atoms with van der Waals surface area (Å²) in [4.78, 5) is 60.3. The van der Waals surface area contributed by atoms with Crippen molar-refractivity contribution in [2.24, 2.45) is 11.5 Å². The zero-order valence-corrected chi connectivity index (χ0v) is 20.1. The van der Waals surface area contributed by atoms with E-state index in [0.717, 1.165) is 0 Å². The molecule has 200 valence electrons. The fraction of sp³-hybridized carbons (Fsp3) is 0.522. The molecule has 36 heavy (non-hydrogen) atoms. The van der Waals surface area contributed by atoms with E-state index in [1.54, 1.807) is 0 Å². The van der Waals surface area contributed by atoms with Crippen LogP contribution in [0.5, 0.6) is 5.75 Å². The van der Waals surface area contributed by atoms with Gasteiger partial charge in [-0.2, -0.15) is 0 Å². The van der Waals surface area contributed by atoms with Crippen molar-refractivity contribution in [2.75, 3.05) is 6.54 Å². The molecule has 0 aliphatic heterocycles. The number of carboxylic acid groups (broad SMARTS) is 2. The number of nitrogens with one attached hydrogen (secondary N) is 3. The van der Waals surface area contributed by atoms with E-state index < -0.39 is 60.2 Å². The number of hydrogen-bond acceptors (Lipinski definition) is 8. The monoisotopic (exact) mass is 509 g/mol. The van der Waals surface area contributed by atoms with E-state index >= 15 is 0 Å². The third-order valence-corrected chi connectivity index (χ3v) is 5.33. The van der Waals surface area contributed by atoms with E-state index in [4.69, 9.17) is 16.6 Å². The number of carbonyl (C=O) groups is 5. The summed E-state index contributed by atoms with van der Waals surface area (Å²) < 4.78 is 0. The van der Waals surface area contributed by atoms with E-state index in [9.17, 15) is 34.2 Å². The van der Waals surface area contributed by atoms with E-state index in [1.165, 1.54) is 31.2 Å². The molecule has 13 nitrogen and oxygen atoms in total. The van der Waals surface area contributed by atoms with Crippen LogP contribution in [0.1, 0.15) is 44.6 Å². The Labute approximate surface area is 208 Å². The molecular weight excluding hydrogens is 474 g/mol. The first kappa shape index (κ1) is 30.3. The van der Waals surface area contributed by atoms with Crippen molar-refractivity contribution in [3.8, 4) is 5.75 Å².